The normalized spacial score (nSPS) is 11.5. The van der Waals surface area contributed by atoms with Crippen LogP contribution in [0, 0.1) is 24.2 Å². The first kappa shape index (κ1) is 10.2. The van der Waals surface area contributed by atoms with Crippen LogP contribution in [0.4, 0.5) is 5.82 Å². The molecule has 0 aliphatic rings. The monoisotopic (exact) mass is 189 g/mol. The third kappa shape index (κ3) is 2.30. The molecule has 14 heavy (non-hydrogen) atoms. The van der Waals surface area contributed by atoms with Crippen LogP contribution in [-0.2, 0) is 4.79 Å². The standard InChI is InChI=1S/C10H11N3O/c1-7-4-3-5-12-9(7)13-10(14)8(2)6-11/h3-5,8H,1-2H3,(H,12,13,14). The number of carbonyl (C=O) groups excluding carboxylic acids is 1. The van der Waals surface area contributed by atoms with Crippen molar-refractivity contribution in [3.63, 3.8) is 0 Å². The smallest absolute Gasteiger partial charge is 0.242 e. The molecule has 0 saturated heterocycles. The SMILES string of the molecule is Cc1cccnc1NC(=O)C(C)C#N. The summed E-state index contributed by atoms with van der Waals surface area (Å²) in [6.07, 6.45) is 1.60. The van der Waals surface area contributed by atoms with Crippen LogP contribution in [0.25, 0.3) is 0 Å². The Morgan fingerprint density at radius 3 is 3.00 bits per heavy atom. The van der Waals surface area contributed by atoms with Crippen LogP contribution >= 0.6 is 0 Å². The van der Waals surface area contributed by atoms with Gasteiger partial charge in [-0.2, -0.15) is 5.26 Å². The Kier molecular flexibility index (Phi) is 3.19. The van der Waals surface area contributed by atoms with Crippen molar-refractivity contribution in [2.24, 2.45) is 5.92 Å². The van der Waals surface area contributed by atoms with Gasteiger partial charge in [0, 0.05) is 6.20 Å². The number of anilines is 1. The van der Waals surface area contributed by atoms with E-state index in [0.717, 1.165) is 5.56 Å². The lowest BCUT2D eigenvalue weighted by atomic mass is 10.2. The van der Waals surface area contributed by atoms with Crippen molar-refractivity contribution in [3.8, 4) is 6.07 Å². The van der Waals surface area contributed by atoms with Crippen LogP contribution in [0.2, 0.25) is 0 Å². The minimum atomic E-state index is -0.656. The highest BCUT2D eigenvalue weighted by atomic mass is 16.1. The third-order valence-electron chi connectivity index (χ3n) is 1.84. The number of hydrogen-bond acceptors (Lipinski definition) is 3. The van der Waals surface area contributed by atoms with Crippen molar-refractivity contribution in [1.29, 1.82) is 5.26 Å². The number of carbonyl (C=O) groups is 1. The van der Waals surface area contributed by atoms with Crippen LogP contribution in [0.5, 0.6) is 0 Å². The van der Waals surface area contributed by atoms with Gasteiger partial charge in [0.1, 0.15) is 11.7 Å². The van der Waals surface area contributed by atoms with Crippen molar-refractivity contribution in [3.05, 3.63) is 23.9 Å². The molecule has 0 saturated carbocycles. The molecule has 0 spiro atoms. The average Bonchev–Trinajstić information content (AvgIpc) is 2.20. The number of pyridine rings is 1. The fourth-order valence-electron chi connectivity index (χ4n) is 0.900. The minimum Gasteiger partial charge on any atom is -0.309 e. The Balaban J connectivity index is 2.76. The van der Waals surface area contributed by atoms with Crippen molar-refractivity contribution in [2.45, 2.75) is 13.8 Å². The third-order valence-corrected chi connectivity index (χ3v) is 1.84. The topological polar surface area (TPSA) is 65.8 Å². The predicted molar refractivity (Wildman–Crippen MR) is 52.4 cm³/mol. The fourth-order valence-corrected chi connectivity index (χ4v) is 0.900. The highest BCUT2D eigenvalue weighted by Gasteiger charge is 2.12. The summed E-state index contributed by atoms with van der Waals surface area (Å²) >= 11 is 0. The Morgan fingerprint density at radius 2 is 2.43 bits per heavy atom. The first-order valence-corrected chi connectivity index (χ1v) is 4.27. The summed E-state index contributed by atoms with van der Waals surface area (Å²) in [4.78, 5) is 15.3. The van der Waals surface area contributed by atoms with Gasteiger partial charge in [-0.05, 0) is 25.5 Å². The van der Waals surface area contributed by atoms with E-state index in [2.05, 4.69) is 10.3 Å². The summed E-state index contributed by atoms with van der Waals surface area (Å²) in [6, 6.07) is 5.50. The molecular weight excluding hydrogens is 178 g/mol. The summed E-state index contributed by atoms with van der Waals surface area (Å²) in [7, 11) is 0. The van der Waals surface area contributed by atoms with Crippen molar-refractivity contribution < 1.29 is 4.79 Å². The van der Waals surface area contributed by atoms with Gasteiger partial charge in [-0.1, -0.05) is 6.07 Å². The highest BCUT2D eigenvalue weighted by molar-refractivity contribution is 5.93. The van der Waals surface area contributed by atoms with E-state index in [1.807, 2.05) is 19.1 Å². The maximum absolute atomic E-state index is 11.3. The molecule has 1 aromatic heterocycles. The molecule has 1 rings (SSSR count). The van der Waals surface area contributed by atoms with E-state index >= 15 is 0 Å². The van der Waals surface area contributed by atoms with Crippen molar-refractivity contribution in [2.75, 3.05) is 5.32 Å². The van der Waals surface area contributed by atoms with Crippen LogP contribution < -0.4 is 5.32 Å². The summed E-state index contributed by atoms with van der Waals surface area (Å²) in [6.45, 7) is 3.40. The number of nitrogens with zero attached hydrogens (tertiary/aromatic N) is 2. The molecule has 0 aliphatic heterocycles. The molecular formula is C10H11N3O. The van der Waals surface area contributed by atoms with Gasteiger partial charge in [0.15, 0.2) is 0 Å². The van der Waals surface area contributed by atoms with E-state index < -0.39 is 5.92 Å². The molecule has 0 fully saturated rings. The molecule has 1 amide bonds. The number of amides is 1. The number of rotatable bonds is 2. The molecule has 0 bridgehead atoms. The highest BCUT2D eigenvalue weighted by Crippen LogP contribution is 2.10. The van der Waals surface area contributed by atoms with Gasteiger partial charge < -0.3 is 5.32 Å². The summed E-state index contributed by atoms with van der Waals surface area (Å²) < 4.78 is 0. The molecule has 1 N–H and O–H groups in total. The van der Waals surface area contributed by atoms with Gasteiger partial charge in [0.25, 0.3) is 0 Å². The zero-order valence-electron chi connectivity index (χ0n) is 8.11. The lowest BCUT2D eigenvalue weighted by Crippen LogP contribution is -2.20. The molecule has 72 valence electrons. The van der Waals surface area contributed by atoms with Crippen molar-refractivity contribution in [1.82, 2.24) is 4.98 Å². The molecule has 1 heterocycles. The molecule has 0 aromatic carbocycles. The van der Waals surface area contributed by atoms with E-state index in [1.54, 1.807) is 19.2 Å². The van der Waals surface area contributed by atoms with Gasteiger partial charge in [0.2, 0.25) is 5.91 Å². The lowest BCUT2D eigenvalue weighted by molar-refractivity contribution is -0.117. The maximum atomic E-state index is 11.3. The van der Waals surface area contributed by atoms with Crippen LogP contribution in [-0.4, -0.2) is 10.9 Å². The van der Waals surface area contributed by atoms with Crippen LogP contribution in [0.15, 0.2) is 18.3 Å². The van der Waals surface area contributed by atoms with E-state index in [1.165, 1.54) is 0 Å². The summed E-state index contributed by atoms with van der Waals surface area (Å²) in [5, 5.41) is 11.1. The molecule has 4 nitrogen and oxygen atoms in total. The molecule has 1 unspecified atom stereocenters. The lowest BCUT2D eigenvalue weighted by Gasteiger charge is -2.07. The molecule has 0 aliphatic carbocycles. The van der Waals surface area contributed by atoms with E-state index in [0.29, 0.717) is 5.82 Å². The number of aromatic nitrogens is 1. The zero-order chi connectivity index (χ0) is 10.6. The first-order valence-electron chi connectivity index (χ1n) is 4.27. The number of nitrogens with one attached hydrogen (secondary N) is 1. The van der Waals surface area contributed by atoms with Gasteiger partial charge in [-0.3, -0.25) is 4.79 Å². The van der Waals surface area contributed by atoms with E-state index in [9.17, 15) is 4.79 Å². The van der Waals surface area contributed by atoms with Gasteiger partial charge in [-0.25, -0.2) is 4.98 Å². The average molecular weight is 189 g/mol. The zero-order valence-corrected chi connectivity index (χ0v) is 8.11. The van der Waals surface area contributed by atoms with Crippen LogP contribution in [0.1, 0.15) is 12.5 Å². The van der Waals surface area contributed by atoms with Gasteiger partial charge in [-0.15, -0.1) is 0 Å². The molecule has 4 heteroatoms. The Morgan fingerprint density at radius 1 is 1.71 bits per heavy atom. The largest absolute Gasteiger partial charge is 0.309 e. The van der Waals surface area contributed by atoms with Crippen LogP contribution in [0.3, 0.4) is 0 Å². The number of aryl methyl sites for hydroxylation is 1. The second kappa shape index (κ2) is 4.38. The fraction of sp³-hybridized carbons (Fsp3) is 0.300. The van der Waals surface area contributed by atoms with Gasteiger partial charge in [0.05, 0.1) is 6.07 Å². The molecule has 1 aromatic rings. The Bertz CT molecular complexity index is 381. The second-order valence-electron chi connectivity index (χ2n) is 3.01. The maximum Gasteiger partial charge on any atom is 0.242 e. The Labute approximate surface area is 82.6 Å². The Hall–Kier alpha value is -1.89. The minimum absolute atomic E-state index is 0.325. The van der Waals surface area contributed by atoms with Crippen molar-refractivity contribution >= 4 is 11.7 Å². The van der Waals surface area contributed by atoms with Gasteiger partial charge >= 0.3 is 0 Å². The quantitative estimate of drug-likeness (QED) is 0.766. The predicted octanol–water partition coefficient (Wildman–Crippen LogP) is 1.49. The summed E-state index contributed by atoms with van der Waals surface area (Å²) in [5.41, 5.74) is 0.881. The van der Waals surface area contributed by atoms with E-state index in [4.69, 9.17) is 5.26 Å². The van der Waals surface area contributed by atoms with E-state index in [-0.39, 0.29) is 5.91 Å². The molecule has 1 atom stereocenters. The number of hydrogen-bond donors (Lipinski definition) is 1. The molecule has 0 radical (unpaired) electrons. The number of nitriles is 1. The first-order chi connectivity index (χ1) is 6.65. The summed E-state index contributed by atoms with van der Waals surface area (Å²) in [5.74, 6) is -0.467. The second-order valence-corrected chi connectivity index (χ2v) is 3.01.